The molecule has 0 aliphatic heterocycles. The van der Waals surface area contributed by atoms with Crippen LogP contribution >= 0.6 is 0 Å². The molecule has 4 nitrogen and oxygen atoms in total. The molecular weight excluding hydrogens is 254 g/mol. The van der Waals surface area contributed by atoms with E-state index in [0.29, 0.717) is 18.9 Å². The highest BCUT2D eigenvalue weighted by molar-refractivity contribution is 5.55. The van der Waals surface area contributed by atoms with Gasteiger partial charge in [0.1, 0.15) is 5.75 Å². The molecule has 0 aliphatic rings. The summed E-state index contributed by atoms with van der Waals surface area (Å²) in [5.74, 6) is 1.71. The number of hydrogen-bond acceptors (Lipinski definition) is 4. The van der Waals surface area contributed by atoms with Gasteiger partial charge in [-0.05, 0) is 36.8 Å². The zero-order valence-corrected chi connectivity index (χ0v) is 11.7. The van der Waals surface area contributed by atoms with Gasteiger partial charge in [-0.15, -0.1) is 0 Å². The van der Waals surface area contributed by atoms with Gasteiger partial charge in [0.2, 0.25) is 0 Å². The second-order valence-electron chi connectivity index (χ2n) is 4.32. The average Bonchev–Trinajstić information content (AvgIpc) is 2.46. The van der Waals surface area contributed by atoms with Crippen LogP contribution in [0.4, 0.5) is 5.69 Å². The van der Waals surface area contributed by atoms with Gasteiger partial charge in [0.15, 0.2) is 11.5 Å². The monoisotopic (exact) mass is 273 g/mol. The normalized spacial score (nSPS) is 10.1. The molecule has 0 spiro atoms. The van der Waals surface area contributed by atoms with Crippen molar-refractivity contribution in [2.75, 3.05) is 19.0 Å². The lowest BCUT2D eigenvalue weighted by Crippen LogP contribution is -2.01. The lowest BCUT2D eigenvalue weighted by Gasteiger charge is -2.12. The quantitative estimate of drug-likeness (QED) is 0.846. The first-order valence-corrected chi connectivity index (χ1v) is 6.55. The molecule has 0 aliphatic carbocycles. The van der Waals surface area contributed by atoms with Gasteiger partial charge < -0.3 is 19.9 Å². The average molecular weight is 273 g/mol. The molecule has 0 unspecified atom stereocenters. The van der Waals surface area contributed by atoms with E-state index in [-0.39, 0.29) is 5.75 Å². The molecule has 106 valence electrons. The topological polar surface area (TPSA) is 50.7 Å². The molecule has 20 heavy (non-hydrogen) atoms. The number of benzene rings is 2. The van der Waals surface area contributed by atoms with E-state index in [1.165, 1.54) is 0 Å². The summed E-state index contributed by atoms with van der Waals surface area (Å²) in [6.07, 6.45) is 0. The summed E-state index contributed by atoms with van der Waals surface area (Å²) in [6, 6.07) is 12.9. The fourth-order valence-electron chi connectivity index (χ4n) is 1.92. The van der Waals surface area contributed by atoms with E-state index < -0.39 is 0 Å². The predicted octanol–water partition coefficient (Wildman–Crippen LogP) is 3.41. The summed E-state index contributed by atoms with van der Waals surface area (Å²) in [4.78, 5) is 0. The maximum absolute atomic E-state index is 9.42. The molecule has 0 amide bonds. The van der Waals surface area contributed by atoms with Crippen LogP contribution in [-0.4, -0.2) is 18.8 Å². The van der Waals surface area contributed by atoms with Gasteiger partial charge in [-0.3, -0.25) is 0 Å². The van der Waals surface area contributed by atoms with Gasteiger partial charge in [-0.1, -0.05) is 12.1 Å². The van der Waals surface area contributed by atoms with Crippen LogP contribution in [0.15, 0.2) is 42.5 Å². The highest BCUT2D eigenvalue weighted by Gasteiger charge is 2.05. The minimum atomic E-state index is 0.272. The number of phenols is 1. The van der Waals surface area contributed by atoms with Crippen LogP contribution in [0.1, 0.15) is 12.5 Å². The van der Waals surface area contributed by atoms with E-state index >= 15 is 0 Å². The van der Waals surface area contributed by atoms with Crippen LogP contribution in [0, 0.1) is 0 Å². The van der Waals surface area contributed by atoms with E-state index in [0.717, 1.165) is 17.0 Å². The molecule has 4 heteroatoms. The molecule has 0 saturated heterocycles. The molecule has 2 aromatic carbocycles. The summed E-state index contributed by atoms with van der Waals surface area (Å²) in [5.41, 5.74) is 1.95. The molecule has 2 rings (SSSR count). The maximum Gasteiger partial charge on any atom is 0.162 e. The number of methoxy groups -OCH3 is 1. The lowest BCUT2D eigenvalue weighted by atomic mass is 10.2. The number of phenolic OH excluding ortho intramolecular Hbond substituents is 1. The molecule has 0 heterocycles. The molecule has 2 aromatic rings. The van der Waals surface area contributed by atoms with E-state index in [2.05, 4.69) is 5.32 Å². The Bertz CT molecular complexity index is 569. The molecule has 0 radical (unpaired) electrons. The van der Waals surface area contributed by atoms with Crippen LogP contribution < -0.4 is 14.8 Å². The van der Waals surface area contributed by atoms with Crippen molar-refractivity contribution < 1.29 is 14.6 Å². The third-order valence-corrected chi connectivity index (χ3v) is 2.87. The van der Waals surface area contributed by atoms with Gasteiger partial charge in [0.25, 0.3) is 0 Å². The summed E-state index contributed by atoms with van der Waals surface area (Å²) < 4.78 is 10.8. The lowest BCUT2D eigenvalue weighted by molar-refractivity contribution is 0.311. The predicted molar refractivity (Wildman–Crippen MR) is 79.6 cm³/mol. The summed E-state index contributed by atoms with van der Waals surface area (Å²) in [5, 5.41) is 12.7. The highest BCUT2D eigenvalue weighted by atomic mass is 16.5. The van der Waals surface area contributed by atoms with Gasteiger partial charge in [-0.2, -0.15) is 0 Å². The van der Waals surface area contributed by atoms with Crippen molar-refractivity contribution in [2.24, 2.45) is 0 Å². The second kappa shape index (κ2) is 6.70. The van der Waals surface area contributed by atoms with Gasteiger partial charge in [0, 0.05) is 18.3 Å². The number of nitrogens with one attached hydrogen (secondary N) is 1. The van der Waals surface area contributed by atoms with Crippen molar-refractivity contribution in [3.05, 3.63) is 48.0 Å². The summed E-state index contributed by atoms with van der Waals surface area (Å²) in [7, 11) is 1.62. The molecule has 0 bridgehead atoms. The van der Waals surface area contributed by atoms with Crippen LogP contribution in [0.3, 0.4) is 0 Å². The van der Waals surface area contributed by atoms with E-state index in [4.69, 9.17) is 9.47 Å². The van der Waals surface area contributed by atoms with Crippen molar-refractivity contribution >= 4 is 5.69 Å². The first kappa shape index (κ1) is 14.1. The van der Waals surface area contributed by atoms with Crippen molar-refractivity contribution in [3.63, 3.8) is 0 Å². The van der Waals surface area contributed by atoms with Crippen LogP contribution in [0.2, 0.25) is 0 Å². The van der Waals surface area contributed by atoms with Gasteiger partial charge in [-0.25, -0.2) is 0 Å². The van der Waals surface area contributed by atoms with Crippen molar-refractivity contribution in [1.82, 2.24) is 0 Å². The number of rotatable bonds is 6. The SMILES string of the molecule is CCOc1ccc(NCc2cccc(O)c2)cc1OC. The standard InChI is InChI=1S/C16H19NO3/c1-3-20-15-8-7-13(10-16(15)19-2)17-11-12-5-4-6-14(18)9-12/h4-10,17-18H,3,11H2,1-2H3. The smallest absolute Gasteiger partial charge is 0.162 e. The van der Waals surface area contributed by atoms with Crippen molar-refractivity contribution in [2.45, 2.75) is 13.5 Å². The number of anilines is 1. The van der Waals surface area contributed by atoms with Gasteiger partial charge >= 0.3 is 0 Å². The molecule has 0 saturated carbocycles. The summed E-state index contributed by atoms with van der Waals surface area (Å²) in [6.45, 7) is 3.17. The largest absolute Gasteiger partial charge is 0.508 e. The highest BCUT2D eigenvalue weighted by Crippen LogP contribution is 2.30. The Labute approximate surface area is 119 Å². The summed E-state index contributed by atoms with van der Waals surface area (Å²) >= 11 is 0. The fourth-order valence-corrected chi connectivity index (χ4v) is 1.92. The maximum atomic E-state index is 9.42. The second-order valence-corrected chi connectivity index (χ2v) is 4.32. The zero-order chi connectivity index (χ0) is 14.4. The molecule has 2 N–H and O–H groups in total. The Balaban J connectivity index is 2.06. The van der Waals surface area contributed by atoms with Crippen LogP contribution in [-0.2, 0) is 6.54 Å². The zero-order valence-electron chi connectivity index (χ0n) is 11.7. The van der Waals surface area contributed by atoms with E-state index in [1.54, 1.807) is 19.2 Å². The Kier molecular flexibility index (Phi) is 4.71. The van der Waals surface area contributed by atoms with Gasteiger partial charge in [0.05, 0.1) is 13.7 Å². The van der Waals surface area contributed by atoms with Crippen molar-refractivity contribution in [3.8, 4) is 17.2 Å². The third-order valence-electron chi connectivity index (χ3n) is 2.87. The minimum Gasteiger partial charge on any atom is -0.508 e. The molecular formula is C16H19NO3. The van der Waals surface area contributed by atoms with E-state index in [9.17, 15) is 5.11 Å². The third kappa shape index (κ3) is 3.57. The fraction of sp³-hybridized carbons (Fsp3) is 0.250. The molecule has 0 fully saturated rings. The first-order chi connectivity index (χ1) is 9.72. The van der Waals surface area contributed by atoms with E-state index in [1.807, 2.05) is 37.3 Å². The van der Waals surface area contributed by atoms with Crippen LogP contribution in [0.5, 0.6) is 17.2 Å². The Morgan fingerprint density at radius 2 is 1.95 bits per heavy atom. The van der Waals surface area contributed by atoms with Crippen LogP contribution in [0.25, 0.3) is 0 Å². The number of aromatic hydroxyl groups is 1. The first-order valence-electron chi connectivity index (χ1n) is 6.55. The number of hydrogen-bond donors (Lipinski definition) is 2. The minimum absolute atomic E-state index is 0.272. The molecule has 0 atom stereocenters. The molecule has 0 aromatic heterocycles. The Morgan fingerprint density at radius 1 is 1.10 bits per heavy atom. The Hall–Kier alpha value is -2.36. The Morgan fingerprint density at radius 3 is 2.65 bits per heavy atom. The van der Waals surface area contributed by atoms with Crippen molar-refractivity contribution in [1.29, 1.82) is 0 Å². The number of ether oxygens (including phenoxy) is 2.